The minimum atomic E-state index is 0.0856. The van der Waals surface area contributed by atoms with Crippen molar-refractivity contribution in [2.24, 2.45) is 0 Å². The normalized spacial score (nSPS) is 14.9. The van der Waals surface area contributed by atoms with Crippen LogP contribution in [0.25, 0.3) is 0 Å². The maximum atomic E-state index is 11.3. The van der Waals surface area contributed by atoms with E-state index in [1.165, 1.54) is 11.5 Å². The highest BCUT2D eigenvalue weighted by molar-refractivity contribution is 7.09. The van der Waals surface area contributed by atoms with Crippen molar-refractivity contribution in [2.45, 2.75) is 25.3 Å². The number of hydrogen-bond acceptors (Lipinski definition) is 6. The first-order chi connectivity index (χ1) is 7.24. The fourth-order valence-electron chi connectivity index (χ4n) is 1.12. The maximum absolute atomic E-state index is 11.3. The molecule has 15 heavy (non-hydrogen) atoms. The maximum Gasteiger partial charge on any atom is 0.233 e. The second kappa shape index (κ2) is 4.43. The van der Waals surface area contributed by atoms with Crippen LogP contribution in [0, 0.1) is 0 Å². The number of amides is 1. The minimum Gasteiger partial charge on any atom is -0.367 e. The zero-order valence-corrected chi connectivity index (χ0v) is 9.01. The fraction of sp³-hybridized carbons (Fsp3) is 0.625. The molecule has 1 amide bonds. The molecule has 4 N–H and O–H groups in total. The lowest BCUT2D eigenvalue weighted by molar-refractivity contribution is -0.120. The molecule has 1 aliphatic rings. The molecule has 1 aromatic rings. The Labute approximate surface area is 91.4 Å². The molecule has 0 aliphatic heterocycles. The summed E-state index contributed by atoms with van der Waals surface area (Å²) >= 11 is 1.20. The number of nitrogens with two attached hydrogens (primary N) is 1. The number of nitrogen functional groups attached to an aromatic ring is 1. The van der Waals surface area contributed by atoms with Crippen LogP contribution in [0.4, 0.5) is 11.1 Å². The van der Waals surface area contributed by atoms with Gasteiger partial charge in [0.15, 0.2) is 0 Å². The van der Waals surface area contributed by atoms with Crippen LogP contribution in [0.2, 0.25) is 0 Å². The number of nitrogens with zero attached hydrogens (tertiary/aromatic N) is 2. The Morgan fingerprint density at radius 2 is 2.40 bits per heavy atom. The van der Waals surface area contributed by atoms with Gasteiger partial charge in [-0.3, -0.25) is 4.79 Å². The van der Waals surface area contributed by atoms with Crippen molar-refractivity contribution >= 4 is 28.5 Å². The average Bonchev–Trinajstić information content (AvgIpc) is 2.89. The Kier molecular flexibility index (Phi) is 3.00. The summed E-state index contributed by atoms with van der Waals surface area (Å²) in [6.07, 6.45) is 2.69. The van der Waals surface area contributed by atoms with Crippen LogP contribution >= 0.6 is 11.5 Å². The first-order valence-electron chi connectivity index (χ1n) is 4.86. The number of carbonyl (C=O) groups excluding carboxylic acids is 1. The van der Waals surface area contributed by atoms with E-state index >= 15 is 0 Å². The molecule has 82 valence electrons. The first kappa shape index (κ1) is 10.2. The SMILES string of the molecule is Nc1nsc(NCCC(=O)NC2CC2)n1. The van der Waals surface area contributed by atoms with Crippen LogP contribution in [0.5, 0.6) is 0 Å². The Balaban J connectivity index is 1.63. The van der Waals surface area contributed by atoms with Crippen molar-refractivity contribution in [2.75, 3.05) is 17.6 Å². The largest absolute Gasteiger partial charge is 0.367 e. The number of hydrogen-bond donors (Lipinski definition) is 3. The predicted octanol–water partition coefficient (Wildman–Crippen LogP) is 0.201. The third kappa shape index (κ3) is 3.35. The average molecular weight is 227 g/mol. The number of carbonyl (C=O) groups is 1. The van der Waals surface area contributed by atoms with E-state index in [1.807, 2.05) is 0 Å². The third-order valence-corrected chi connectivity index (χ3v) is 2.70. The molecular formula is C8H13N5OS. The smallest absolute Gasteiger partial charge is 0.233 e. The van der Waals surface area contributed by atoms with Crippen LogP contribution in [0.3, 0.4) is 0 Å². The van der Waals surface area contributed by atoms with Crippen LogP contribution in [-0.4, -0.2) is 27.9 Å². The van der Waals surface area contributed by atoms with Gasteiger partial charge in [0, 0.05) is 30.5 Å². The van der Waals surface area contributed by atoms with E-state index in [0.717, 1.165) is 12.8 Å². The number of aromatic nitrogens is 2. The van der Waals surface area contributed by atoms with Gasteiger partial charge < -0.3 is 16.4 Å². The highest BCUT2D eigenvalue weighted by Crippen LogP contribution is 2.18. The molecule has 7 heteroatoms. The van der Waals surface area contributed by atoms with E-state index in [-0.39, 0.29) is 11.9 Å². The molecule has 0 radical (unpaired) electrons. The monoisotopic (exact) mass is 227 g/mol. The highest BCUT2D eigenvalue weighted by atomic mass is 32.1. The molecule has 1 heterocycles. The molecule has 2 rings (SSSR count). The summed E-state index contributed by atoms with van der Waals surface area (Å²) in [5.74, 6) is 0.354. The summed E-state index contributed by atoms with van der Waals surface area (Å²) in [5, 5.41) is 6.56. The predicted molar refractivity (Wildman–Crippen MR) is 58.6 cm³/mol. The van der Waals surface area contributed by atoms with Crippen molar-refractivity contribution < 1.29 is 4.79 Å². The second-order valence-corrected chi connectivity index (χ2v) is 4.23. The Bertz CT molecular complexity index is 349. The molecule has 0 unspecified atom stereocenters. The number of rotatable bonds is 5. The van der Waals surface area contributed by atoms with Gasteiger partial charge in [-0.05, 0) is 12.8 Å². The van der Waals surface area contributed by atoms with E-state index in [2.05, 4.69) is 20.0 Å². The molecule has 0 saturated heterocycles. The second-order valence-electron chi connectivity index (χ2n) is 3.48. The van der Waals surface area contributed by atoms with Crippen molar-refractivity contribution in [3.05, 3.63) is 0 Å². The summed E-state index contributed by atoms with van der Waals surface area (Å²) in [7, 11) is 0. The summed E-state index contributed by atoms with van der Waals surface area (Å²) in [6.45, 7) is 0.563. The van der Waals surface area contributed by atoms with Crippen molar-refractivity contribution in [1.82, 2.24) is 14.7 Å². The zero-order valence-electron chi connectivity index (χ0n) is 8.19. The molecule has 0 aromatic carbocycles. The van der Waals surface area contributed by atoms with Crippen LogP contribution in [0.15, 0.2) is 0 Å². The van der Waals surface area contributed by atoms with Gasteiger partial charge >= 0.3 is 0 Å². The van der Waals surface area contributed by atoms with Gasteiger partial charge in [-0.25, -0.2) is 0 Å². The van der Waals surface area contributed by atoms with Gasteiger partial charge in [0.2, 0.25) is 17.0 Å². The lowest BCUT2D eigenvalue weighted by Crippen LogP contribution is -2.27. The lowest BCUT2D eigenvalue weighted by Gasteiger charge is -2.03. The van der Waals surface area contributed by atoms with E-state index in [4.69, 9.17) is 5.73 Å². The van der Waals surface area contributed by atoms with E-state index in [9.17, 15) is 4.79 Å². The van der Waals surface area contributed by atoms with Crippen LogP contribution < -0.4 is 16.4 Å². The molecule has 1 saturated carbocycles. The Morgan fingerprint density at radius 1 is 1.60 bits per heavy atom. The van der Waals surface area contributed by atoms with Gasteiger partial charge in [0.25, 0.3) is 0 Å². The van der Waals surface area contributed by atoms with Gasteiger partial charge in [-0.2, -0.15) is 9.36 Å². The van der Waals surface area contributed by atoms with E-state index < -0.39 is 0 Å². The summed E-state index contributed by atoms with van der Waals surface area (Å²) in [6, 6.07) is 0.426. The molecule has 1 aliphatic carbocycles. The fourth-order valence-corrected chi connectivity index (χ4v) is 1.64. The molecule has 0 bridgehead atoms. The highest BCUT2D eigenvalue weighted by Gasteiger charge is 2.22. The van der Waals surface area contributed by atoms with Crippen LogP contribution in [-0.2, 0) is 4.79 Å². The van der Waals surface area contributed by atoms with Gasteiger partial charge in [0.05, 0.1) is 0 Å². The summed E-state index contributed by atoms with van der Waals surface area (Å²) in [5.41, 5.74) is 5.35. The number of anilines is 2. The van der Waals surface area contributed by atoms with Gasteiger partial charge in [-0.15, -0.1) is 0 Å². The van der Waals surface area contributed by atoms with Gasteiger partial charge in [0.1, 0.15) is 0 Å². The van der Waals surface area contributed by atoms with Crippen LogP contribution in [0.1, 0.15) is 19.3 Å². The standard InChI is InChI=1S/C8H13N5OS/c9-7-12-8(15-13-7)10-4-3-6(14)11-5-1-2-5/h5H,1-4H2,(H,11,14)(H3,9,10,12,13). The van der Waals surface area contributed by atoms with Crippen molar-refractivity contribution in [3.8, 4) is 0 Å². The quantitative estimate of drug-likeness (QED) is 0.668. The Hall–Kier alpha value is -1.37. The molecule has 1 aromatic heterocycles. The molecule has 1 fully saturated rings. The van der Waals surface area contributed by atoms with Crippen molar-refractivity contribution in [1.29, 1.82) is 0 Å². The van der Waals surface area contributed by atoms with Gasteiger partial charge in [-0.1, -0.05) is 0 Å². The zero-order chi connectivity index (χ0) is 10.7. The Morgan fingerprint density at radius 3 is 3.00 bits per heavy atom. The third-order valence-electron chi connectivity index (χ3n) is 2.01. The molecule has 0 atom stereocenters. The van der Waals surface area contributed by atoms with E-state index in [1.54, 1.807) is 0 Å². The topological polar surface area (TPSA) is 92.9 Å². The first-order valence-corrected chi connectivity index (χ1v) is 5.64. The molecular weight excluding hydrogens is 214 g/mol. The van der Waals surface area contributed by atoms with E-state index in [0.29, 0.717) is 24.1 Å². The minimum absolute atomic E-state index is 0.0856. The summed E-state index contributed by atoms with van der Waals surface area (Å²) in [4.78, 5) is 15.2. The molecule has 0 spiro atoms. The lowest BCUT2D eigenvalue weighted by atomic mass is 10.4. The van der Waals surface area contributed by atoms with Crippen molar-refractivity contribution in [3.63, 3.8) is 0 Å². The molecule has 6 nitrogen and oxygen atoms in total. The number of nitrogens with one attached hydrogen (secondary N) is 2. The summed E-state index contributed by atoms with van der Waals surface area (Å²) < 4.78 is 3.82.